The number of aromatic nitrogens is 2. The zero-order valence-electron chi connectivity index (χ0n) is 10.2. The maximum Gasteiger partial charge on any atom is 0.192 e. The normalized spacial score (nSPS) is 10.8. The first-order valence-electron chi connectivity index (χ1n) is 5.58. The fraction of sp³-hybridized carbons (Fsp3) is 0.0714. The number of benzene rings is 1. The SMILES string of the molecule is Cc1ccnc(SC=CC(=O)c2ccccc2F)n1. The molecule has 0 atom stereocenters. The molecule has 0 saturated carbocycles. The summed E-state index contributed by atoms with van der Waals surface area (Å²) < 4.78 is 13.4. The van der Waals surface area contributed by atoms with Gasteiger partial charge >= 0.3 is 0 Å². The van der Waals surface area contributed by atoms with Crippen molar-refractivity contribution in [3.8, 4) is 0 Å². The average molecular weight is 274 g/mol. The van der Waals surface area contributed by atoms with Crippen molar-refractivity contribution in [1.29, 1.82) is 0 Å². The Bertz CT molecular complexity index is 628. The molecule has 0 aliphatic heterocycles. The summed E-state index contributed by atoms with van der Waals surface area (Å²) in [5.41, 5.74) is 0.913. The van der Waals surface area contributed by atoms with Gasteiger partial charge in [-0.25, -0.2) is 14.4 Å². The quantitative estimate of drug-likeness (QED) is 0.371. The van der Waals surface area contributed by atoms with Gasteiger partial charge in [-0.05, 0) is 36.6 Å². The van der Waals surface area contributed by atoms with Gasteiger partial charge in [-0.3, -0.25) is 4.79 Å². The average Bonchev–Trinajstić information content (AvgIpc) is 2.39. The molecule has 0 spiro atoms. The maximum absolute atomic E-state index is 13.4. The molecule has 3 nitrogen and oxygen atoms in total. The molecule has 0 fully saturated rings. The van der Waals surface area contributed by atoms with Gasteiger partial charge in [-0.15, -0.1) is 0 Å². The minimum Gasteiger partial charge on any atom is -0.289 e. The first-order chi connectivity index (χ1) is 9.16. The smallest absolute Gasteiger partial charge is 0.192 e. The number of hydrogen-bond acceptors (Lipinski definition) is 4. The van der Waals surface area contributed by atoms with Gasteiger partial charge in [0.1, 0.15) is 5.82 Å². The Kier molecular flexibility index (Phi) is 4.41. The number of carbonyl (C=O) groups is 1. The molecule has 0 bridgehead atoms. The van der Waals surface area contributed by atoms with E-state index in [1.165, 1.54) is 30.0 Å². The van der Waals surface area contributed by atoms with E-state index >= 15 is 0 Å². The van der Waals surface area contributed by atoms with Gasteiger partial charge in [-0.2, -0.15) is 0 Å². The monoisotopic (exact) mass is 274 g/mol. The summed E-state index contributed by atoms with van der Waals surface area (Å²) in [5, 5.41) is 2.11. The van der Waals surface area contributed by atoms with Gasteiger partial charge in [-0.1, -0.05) is 23.9 Å². The van der Waals surface area contributed by atoms with Crippen LogP contribution in [-0.4, -0.2) is 15.8 Å². The molecule has 0 N–H and O–H groups in total. The van der Waals surface area contributed by atoms with Crippen molar-refractivity contribution in [2.45, 2.75) is 12.1 Å². The number of nitrogens with zero attached hydrogens (tertiary/aromatic N) is 2. The van der Waals surface area contributed by atoms with Crippen LogP contribution in [-0.2, 0) is 0 Å². The number of allylic oxidation sites excluding steroid dienone is 1. The van der Waals surface area contributed by atoms with E-state index in [4.69, 9.17) is 0 Å². The number of carbonyl (C=O) groups excluding carboxylic acids is 1. The summed E-state index contributed by atoms with van der Waals surface area (Å²) in [6.07, 6.45) is 2.96. The number of thioether (sulfide) groups is 1. The lowest BCUT2D eigenvalue weighted by Gasteiger charge is -1.97. The number of aryl methyl sites for hydroxylation is 1. The molecule has 0 unspecified atom stereocenters. The van der Waals surface area contributed by atoms with Crippen LogP contribution in [0, 0.1) is 12.7 Å². The number of halogens is 1. The molecule has 19 heavy (non-hydrogen) atoms. The van der Waals surface area contributed by atoms with Crippen LogP contribution in [0.25, 0.3) is 0 Å². The molecule has 0 amide bonds. The van der Waals surface area contributed by atoms with Gasteiger partial charge in [0.2, 0.25) is 0 Å². The molecule has 0 saturated heterocycles. The lowest BCUT2D eigenvalue weighted by molar-refractivity contribution is 0.104. The summed E-state index contributed by atoms with van der Waals surface area (Å²) in [7, 11) is 0. The predicted octanol–water partition coefficient (Wildman–Crippen LogP) is 3.41. The van der Waals surface area contributed by atoms with E-state index in [1.807, 2.05) is 6.92 Å². The Morgan fingerprint density at radius 2 is 2.11 bits per heavy atom. The lowest BCUT2D eigenvalue weighted by atomic mass is 10.1. The molecule has 0 aliphatic carbocycles. The van der Waals surface area contributed by atoms with Crippen molar-refractivity contribution in [2.75, 3.05) is 0 Å². The zero-order valence-corrected chi connectivity index (χ0v) is 11.0. The zero-order chi connectivity index (χ0) is 13.7. The van der Waals surface area contributed by atoms with Crippen LogP contribution in [0.15, 0.2) is 53.2 Å². The number of hydrogen-bond donors (Lipinski definition) is 0. The van der Waals surface area contributed by atoms with E-state index in [1.54, 1.807) is 29.8 Å². The molecule has 96 valence electrons. The van der Waals surface area contributed by atoms with Gasteiger partial charge in [0.25, 0.3) is 0 Å². The van der Waals surface area contributed by atoms with Gasteiger partial charge in [0, 0.05) is 11.9 Å². The van der Waals surface area contributed by atoms with E-state index in [0.717, 1.165) is 5.69 Å². The van der Waals surface area contributed by atoms with E-state index in [9.17, 15) is 9.18 Å². The van der Waals surface area contributed by atoms with Crippen LogP contribution in [0.5, 0.6) is 0 Å². The second kappa shape index (κ2) is 6.24. The van der Waals surface area contributed by atoms with Crippen LogP contribution in [0.4, 0.5) is 4.39 Å². The fourth-order valence-corrected chi connectivity index (χ4v) is 2.02. The third kappa shape index (κ3) is 3.72. The fourth-order valence-electron chi connectivity index (χ4n) is 1.39. The molecule has 0 radical (unpaired) electrons. The van der Waals surface area contributed by atoms with Crippen LogP contribution in [0.2, 0.25) is 0 Å². The van der Waals surface area contributed by atoms with E-state index in [2.05, 4.69) is 9.97 Å². The van der Waals surface area contributed by atoms with Crippen molar-refractivity contribution in [2.24, 2.45) is 0 Å². The Morgan fingerprint density at radius 3 is 2.84 bits per heavy atom. The van der Waals surface area contributed by atoms with Gasteiger partial charge in [0.15, 0.2) is 10.9 Å². The molecule has 1 aromatic heterocycles. The maximum atomic E-state index is 13.4. The van der Waals surface area contributed by atoms with Gasteiger partial charge in [0.05, 0.1) is 5.56 Å². The number of rotatable bonds is 4. The van der Waals surface area contributed by atoms with Crippen molar-refractivity contribution < 1.29 is 9.18 Å². The highest BCUT2D eigenvalue weighted by Crippen LogP contribution is 2.15. The van der Waals surface area contributed by atoms with Crippen LogP contribution < -0.4 is 0 Å². The number of ketones is 1. The Morgan fingerprint density at radius 1 is 1.32 bits per heavy atom. The van der Waals surface area contributed by atoms with Crippen molar-refractivity contribution >= 4 is 17.5 Å². The molecular weight excluding hydrogens is 263 g/mol. The highest BCUT2D eigenvalue weighted by Gasteiger charge is 2.07. The highest BCUT2D eigenvalue weighted by atomic mass is 32.2. The second-order valence-corrected chi connectivity index (χ2v) is 4.62. The Hall–Kier alpha value is -2.01. The Labute approximate surface area is 114 Å². The van der Waals surface area contributed by atoms with E-state index in [-0.39, 0.29) is 11.3 Å². The third-order valence-electron chi connectivity index (χ3n) is 2.30. The molecule has 2 rings (SSSR count). The van der Waals surface area contributed by atoms with E-state index in [0.29, 0.717) is 5.16 Å². The standard InChI is InChI=1S/C14H11FN2OS/c1-10-6-8-16-14(17-10)19-9-7-13(18)11-4-2-3-5-12(11)15/h2-9H,1H3. The molecule has 1 aromatic carbocycles. The minimum atomic E-state index is -0.519. The third-order valence-corrected chi connectivity index (χ3v) is 2.98. The summed E-state index contributed by atoms with van der Waals surface area (Å²) in [6, 6.07) is 7.68. The Balaban J connectivity index is 2.04. The van der Waals surface area contributed by atoms with Crippen molar-refractivity contribution in [3.63, 3.8) is 0 Å². The summed E-state index contributed by atoms with van der Waals surface area (Å²) >= 11 is 1.22. The van der Waals surface area contributed by atoms with Crippen LogP contribution in [0.3, 0.4) is 0 Å². The van der Waals surface area contributed by atoms with Gasteiger partial charge < -0.3 is 0 Å². The van der Waals surface area contributed by atoms with Crippen LogP contribution >= 0.6 is 11.8 Å². The van der Waals surface area contributed by atoms with Crippen LogP contribution in [0.1, 0.15) is 16.1 Å². The summed E-state index contributed by atoms with van der Waals surface area (Å²) in [6.45, 7) is 1.86. The molecule has 2 aromatic rings. The first kappa shape index (κ1) is 13.4. The van der Waals surface area contributed by atoms with Crippen molar-refractivity contribution in [3.05, 3.63) is 65.1 Å². The largest absolute Gasteiger partial charge is 0.289 e. The molecular formula is C14H11FN2OS. The molecule has 5 heteroatoms. The summed E-state index contributed by atoms with van der Waals surface area (Å²) in [4.78, 5) is 20.0. The first-order valence-corrected chi connectivity index (χ1v) is 6.46. The minimum absolute atomic E-state index is 0.0597. The lowest BCUT2D eigenvalue weighted by Crippen LogP contribution is -1.97. The summed E-state index contributed by atoms with van der Waals surface area (Å²) in [5.74, 6) is -0.896. The molecule has 1 heterocycles. The van der Waals surface area contributed by atoms with Crippen molar-refractivity contribution in [1.82, 2.24) is 9.97 Å². The highest BCUT2D eigenvalue weighted by molar-refractivity contribution is 8.02. The predicted molar refractivity (Wildman–Crippen MR) is 72.5 cm³/mol. The molecule has 0 aliphatic rings. The van der Waals surface area contributed by atoms with E-state index < -0.39 is 5.82 Å². The second-order valence-electron chi connectivity index (χ2n) is 3.75. The topological polar surface area (TPSA) is 42.9 Å².